The molecule has 0 aliphatic rings. The first-order valence-corrected chi connectivity index (χ1v) is 7.80. The van der Waals surface area contributed by atoms with Gasteiger partial charge in [0.2, 0.25) is 5.95 Å². The minimum atomic E-state index is 0.388. The first-order valence-electron chi connectivity index (χ1n) is 7.80. The number of methoxy groups -OCH3 is 1. The lowest BCUT2D eigenvalue weighted by Gasteiger charge is -2.13. The first kappa shape index (κ1) is 16.5. The van der Waals surface area contributed by atoms with Gasteiger partial charge in [-0.15, -0.1) is 5.10 Å². The van der Waals surface area contributed by atoms with Gasteiger partial charge in [0, 0.05) is 25.5 Å². The van der Waals surface area contributed by atoms with Crippen LogP contribution >= 0.6 is 0 Å². The van der Waals surface area contributed by atoms with Crippen LogP contribution in [-0.2, 0) is 0 Å². The number of aromatic nitrogens is 3. The molecular formula is C18H20N6O. The summed E-state index contributed by atoms with van der Waals surface area (Å²) in [6, 6.07) is 15.6. The van der Waals surface area contributed by atoms with Gasteiger partial charge in [-0.1, -0.05) is 12.1 Å². The van der Waals surface area contributed by atoms with Gasteiger partial charge in [-0.05, 0) is 36.4 Å². The molecule has 0 bridgehead atoms. The van der Waals surface area contributed by atoms with Crippen molar-refractivity contribution in [2.45, 2.75) is 0 Å². The van der Waals surface area contributed by atoms with Crippen molar-refractivity contribution < 1.29 is 4.74 Å². The molecule has 0 aliphatic carbocycles. The summed E-state index contributed by atoms with van der Waals surface area (Å²) >= 11 is 0. The third-order valence-corrected chi connectivity index (χ3v) is 3.57. The van der Waals surface area contributed by atoms with E-state index in [1.165, 1.54) is 0 Å². The Morgan fingerprint density at radius 2 is 1.72 bits per heavy atom. The molecule has 0 aliphatic heterocycles. The van der Waals surface area contributed by atoms with Gasteiger partial charge in [0.05, 0.1) is 19.0 Å². The predicted molar refractivity (Wildman–Crippen MR) is 100 cm³/mol. The zero-order valence-electron chi connectivity index (χ0n) is 14.4. The highest BCUT2D eigenvalue weighted by Crippen LogP contribution is 2.26. The maximum atomic E-state index is 5.32. The average molecular weight is 336 g/mol. The van der Waals surface area contributed by atoms with Gasteiger partial charge in [0.15, 0.2) is 5.82 Å². The zero-order chi connectivity index (χ0) is 17.6. The molecule has 1 heterocycles. The average Bonchev–Trinajstić information content (AvgIpc) is 2.63. The molecule has 2 aromatic carbocycles. The summed E-state index contributed by atoms with van der Waals surface area (Å²) in [6.45, 7) is 0. The van der Waals surface area contributed by atoms with Crippen LogP contribution in [0, 0.1) is 0 Å². The van der Waals surface area contributed by atoms with Crippen LogP contribution in [0.3, 0.4) is 0 Å². The van der Waals surface area contributed by atoms with E-state index in [1.54, 1.807) is 13.3 Å². The molecule has 0 saturated carbocycles. The number of anilines is 5. The number of rotatable bonds is 6. The summed E-state index contributed by atoms with van der Waals surface area (Å²) in [7, 11) is 5.63. The number of para-hydroxylation sites is 2. The number of ether oxygens (including phenoxy) is 1. The number of hydrogen-bond acceptors (Lipinski definition) is 7. The third-order valence-electron chi connectivity index (χ3n) is 3.57. The molecule has 0 atom stereocenters. The molecule has 0 fully saturated rings. The standard InChI is InChI=1S/C18H20N6O/c1-24(2)14-10-8-13(9-11-14)20-17-12-19-23-18(22-17)21-15-6-4-5-7-16(15)25-3/h4-12H,1-3H3,(H2,20,21,22,23). The Balaban J connectivity index is 1.75. The van der Waals surface area contributed by atoms with Crippen LogP contribution in [0.4, 0.5) is 28.8 Å². The van der Waals surface area contributed by atoms with E-state index >= 15 is 0 Å². The fraction of sp³-hybridized carbons (Fsp3) is 0.167. The second kappa shape index (κ2) is 7.48. The Labute approximate surface area is 146 Å². The predicted octanol–water partition coefficient (Wildman–Crippen LogP) is 3.43. The van der Waals surface area contributed by atoms with E-state index < -0.39 is 0 Å². The molecule has 1 aromatic heterocycles. The normalized spacial score (nSPS) is 10.2. The van der Waals surface area contributed by atoms with Gasteiger partial charge in [-0.25, -0.2) is 0 Å². The second-order valence-corrected chi connectivity index (χ2v) is 5.56. The monoisotopic (exact) mass is 336 g/mol. The number of benzene rings is 2. The van der Waals surface area contributed by atoms with Crippen LogP contribution in [0.15, 0.2) is 54.7 Å². The molecule has 3 aromatic rings. The molecule has 0 amide bonds. The van der Waals surface area contributed by atoms with Crippen LogP contribution < -0.4 is 20.3 Å². The summed E-state index contributed by atoms with van der Waals surface area (Å²) < 4.78 is 5.32. The minimum Gasteiger partial charge on any atom is -0.495 e. The molecular weight excluding hydrogens is 316 g/mol. The van der Waals surface area contributed by atoms with Crippen LogP contribution in [0.1, 0.15) is 0 Å². The van der Waals surface area contributed by atoms with Crippen molar-refractivity contribution >= 4 is 28.8 Å². The number of nitrogens with one attached hydrogen (secondary N) is 2. The fourth-order valence-electron chi connectivity index (χ4n) is 2.28. The van der Waals surface area contributed by atoms with Gasteiger partial charge in [-0.2, -0.15) is 10.1 Å². The Morgan fingerprint density at radius 1 is 0.960 bits per heavy atom. The molecule has 7 nitrogen and oxygen atoms in total. The van der Waals surface area contributed by atoms with Crippen LogP contribution in [0.5, 0.6) is 5.75 Å². The van der Waals surface area contributed by atoms with Crippen molar-refractivity contribution in [3.63, 3.8) is 0 Å². The Hall–Kier alpha value is -3.35. The van der Waals surface area contributed by atoms with Crippen LogP contribution in [0.2, 0.25) is 0 Å². The summed E-state index contributed by atoms with van der Waals surface area (Å²) in [6.07, 6.45) is 1.58. The highest BCUT2D eigenvalue weighted by atomic mass is 16.5. The van der Waals surface area contributed by atoms with Crippen molar-refractivity contribution in [3.8, 4) is 5.75 Å². The molecule has 7 heteroatoms. The second-order valence-electron chi connectivity index (χ2n) is 5.56. The van der Waals surface area contributed by atoms with Crippen LogP contribution in [0.25, 0.3) is 0 Å². The largest absolute Gasteiger partial charge is 0.495 e. The van der Waals surface area contributed by atoms with E-state index in [0.717, 1.165) is 17.1 Å². The van der Waals surface area contributed by atoms with Crippen molar-refractivity contribution in [1.82, 2.24) is 15.2 Å². The molecule has 128 valence electrons. The lowest BCUT2D eigenvalue weighted by atomic mass is 10.2. The molecule has 25 heavy (non-hydrogen) atoms. The Morgan fingerprint density at radius 3 is 2.44 bits per heavy atom. The molecule has 2 N–H and O–H groups in total. The molecule has 0 spiro atoms. The molecule has 0 unspecified atom stereocenters. The summed E-state index contributed by atoms with van der Waals surface area (Å²) in [5.41, 5.74) is 2.83. The smallest absolute Gasteiger partial charge is 0.249 e. The van der Waals surface area contributed by atoms with E-state index in [-0.39, 0.29) is 0 Å². The minimum absolute atomic E-state index is 0.388. The lowest BCUT2D eigenvalue weighted by molar-refractivity contribution is 0.417. The van der Waals surface area contributed by atoms with E-state index in [1.807, 2.05) is 67.5 Å². The summed E-state index contributed by atoms with van der Waals surface area (Å²) in [5.74, 6) is 1.70. The van der Waals surface area contributed by atoms with Gasteiger partial charge < -0.3 is 20.3 Å². The quantitative estimate of drug-likeness (QED) is 0.714. The van der Waals surface area contributed by atoms with Gasteiger partial charge >= 0.3 is 0 Å². The first-order chi connectivity index (χ1) is 12.2. The zero-order valence-corrected chi connectivity index (χ0v) is 14.4. The lowest BCUT2D eigenvalue weighted by Crippen LogP contribution is -2.08. The summed E-state index contributed by atoms with van der Waals surface area (Å²) in [4.78, 5) is 6.48. The van der Waals surface area contributed by atoms with Crippen molar-refractivity contribution in [2.75, 3.05) is 36.7 Å². The summed E-state index contributed by atoms with van der Waals surface area (Å²) in [5, 5.41) is 14.3. The molecule has 0 saturated heterocycles. The maximum Gasteiger partial charge on any atom is 0.249 e. The van der Waals surface area contributed by atoms with Crippen molar-refractivity contribution in [3.05, 3.63) is 54.7 Å². The highest BCUT2D eigenvalue weighted by molar-refractivity contribution is 5.64. The van der Waals surface area contributed by atoms with E-state index in [2.05, 4.69) is 25.8 Å². The Bertz CT molecular complexity index is 835. The van der Waals surface area contributed by atoms with E-state index in [4.69, 9.17) is 4.74 Å². The van der Waals surface area contributed by atoms with Crippen molar-refractivity contribution in [1.29, 1.82) is 0 Å². The SMILES string of the molecule is COc1ccccc1Nc1nncc(Nc2ccc(N(C)C)cc2)n1. The Kier molecular flexibility index (Phi) is 4.94. The number of hydrogen-bond donors (Lipinski definition) is 2. The third kappa shape index (κ3) is 4.14. The van der Waals surface area contributed by atoms with Crippen LogP contribution in [-0.4, -0.2) is 36.4 Å². The molecule has 3 rings (SSSR count). The van der Waals surface area contributed by atoms with E-state index in [9.17, 15) is 0 Å². The van der Waals surface area contributed by atoms with E-state index in [0.29, 0.717) is 17.5 Å². The van der Waals surface area contributed by atoms with Gasteiger partial charge in [0.1, 0.15) is 5.75 Å². The highest BCUT2D eigenvalue weighted by Gasteiger charge is 2.06. The number of nitrogens with zero attached hydrogens (tertiary/aromatic N) is 4. The van der Waals surface area contributed by atoms with Gasteiger partial charge in [-0.3, -0.25) is 0 Å². The topological polar surface area (TPSA) is 75.2 Å². The molecule has 0 radical (unpaired) electrons. The maximum absolute atomic E-state index is 5.32. The fourth-order valence-corrected chi connectivity index (χ4v) is 2.28. The van der Waals surface area contributed by atoms with Crippen molar-refractivity contribution in [2.24, 2.45) is 0 Å². The van der Waals surface area contributed by atoms with Gasteiger partial charge in [0.25, 0.3) is 0 Å².